The Morgan fingerprint density at radius 2 is 2.08 bits per heavy atom. The second-order valence-corrected chi connectivity index (χ2v) is 5.93. The lowest BCUT2D eigenvalue weighted by atomic mass is 10.0. The Labute approximate surface area is 145 Å². The van der Waals surface area contributed by atoms with Crippen LogP contribution < -0.4 is 9.47 Å². The zero-order chi connectivity index (χ0) is 16.5. The van der Waals surface area contributed by atoms with Crippen LogP contribution in [0, 0.1) is 4.64 Å². The summed E-state index contributed by atoms with van der Waals surface area (Å²) in [4.78, 5) is 7.83. The lowest BCUT2D eigenvalue weighted by Crippen LogP contribution is -2.07. The van der Waals surface area contributed by atoms with Gasteiger partial charge in [-0.05, 0) is 30.7 Å². The summed E-state index contributed by atoms with van der Waals surface area (Å²) in [6.45, 7) is 2.58. The molecule has 0 amide bonds. The van der Waals surface area contributed by atoms with Crippen LogP contribution in [-0.4, -0.2) is 16.6 Å². The molecule has 0 bridgehead atoms. The predicted molar refractivity (Wildman–Crippen MR) is 95.3 cm³/mol. The molecule has 3 aromatic rings. The van der Waals surface area contributed by atoms with E-state index < -0.39 is 0 Å². The fourth-order valence-corrected chi connectivity index (χ4v) is 3.06. The number of hydrogen-bond donors (Lipinski definition) is 1. The standard InChI is InChI=1S/C19H16N2O2S/c1-2-22-14-8-5-7-13(10-14)17-20-18-15(19(24)21-17)11-12-6-3-4-9-16(12)23-18/h3-10H,2,11H2,1H3,(H,20,21,24). The summed E-state index contributed by atoms with van der Waals surface area (Å²) < 4.78 is 12.1. The maximum atomic E-state index is 6.00. The van der Waals surface area contributed by atoms with E-state index in [4.69, 9.17) is 21.7 Å². The van der Waals surface area contributed by atoms with Crippen LogP contribution in [0.1, 0.15) is 18.1 Å². The molecule has 0 radical (unpaired) electrons. The van der Waals surface area contributed by atoms with E-state index in [1.807, 2.05) is 55.5 Å². The summed E-state index contributed by atoms with van der Waals surface area (Å²) >= 11 is 5.50. The van der Waals surface area contributed by atoms with Crippen molar-refractivity contribution in [2.45, 2.75) is 13.3 Å². The van der Waals surface area contributed by atoms with Gasteiger partial charge in [-0.3, -0.25) is 0 Å². The number of para-hydroxylation sites is 1. The molecule has 0 atom stereocenters. The number of hydrogen-bond acceptors (Lipinski definition) is 4. The third-order valence-corrected chi connectivity index (χ3v) is 4.29. The summed E-state index contributed by atoms with van der Waals surface area (Å²) in [5, 5.41) is 0. The van der Waals surface area contributed by atoms with E-state index in [2.05, 4.69) is 9.97 Å². The highest BCUT2D eigenvalue weighted by Gasteiger charge is 2.20. The molecule has 24 heavy (non-hydrogen) atoms. The average Bonchev–Trinajstić information content (AvgIpc) is 2.61. The predicted octanol–water partition coefficient (Wildman–Crippen LogP) is 4.90. The fraction of sp³-hybridized carbons (Fsp3) is 0.158. The minimum absolute atomic E-state index is 0.565. The second-order valence-electron chi connectivity index (χ2n) is 5.55. The van der Waals surface area contributed by atoms with Crippen molar-refractivity contribution < 1.29 is 9.47 Å². The largest absolute Gasteiger partial charge is 0.494 e. The molecule has 2 heterocycles. The van der Waals surface area contributed by atoms with Crippen LogP contribution in [0.4, 0.5) is 0 Å². The highest BCUT2D eigenvalue weighted by molar-refractivity contribution is 7.71. The second kappa shape index (κ2) is 6.09. The number of H-pyrrole nitrogens is 1. The molecule has 5 heteroatoms. The summed E-state index contributed by atoms with van der Waals surface area (Å²) in [5.74, 6) is 3.01. The fourth-order valence-electron chi connectivity index (χ4n) is 2.81. The summed E-state index contributed by atoms with van der Waals surface area (Å²) in [5.41, 5.74) is 2.96. The van der Waals surface area contributed by atoms with Crippen LogP contribution in [-0.2, 0) is 6.42 Å². The van der Waals surface area contributed by atoms with E-state index in [-0.39, 0.29) is 0 Å². The van der Waals surface area contributed by atoms with Crippen molar-refractivity contribution in [3.8, 4) is 28.8 Å². The van der Waals surface area contributed by atoms with Crippen LogP contribution in [0.5, 0.6) is 17.4 Å². The number of nitrogens with one attached hydrogen (secondary N) is 1. The van der Waals surface area contributed by atoms with Crippen molar-refractivity contribution in [1.29, 1.82) is 0 Å². The molecule has 1 aromatic heterocycles. The van der Waals surface area contributed by atoms with Crippen LogP contribution >= 0.6 is 12.2 Å². The number of aromatic nitrogens is 2. The number of aromatic amines is 1. The number of benzene rings is 2. The van der Waals surface area contributed by atoms with E-state index in [0.29, 0.717) is 23.0 Å². The molecule has 0 aliphatic carbocycles. The van der Waals surface area contributed by atoms with Crippen LogP contribution in [0.15, 0.2) is 48.5 Å². The van der Waals surface area contributed by atoms with Crippen LogP contribution in [0.25, 0.3) is 11.4 Å². The molecular formula is C19H16N2O2S. The summed E-state index contributed by atoms with van der Waals surface area (Å²) in [6.07, 6.45) is 0.729. The first kappa shape index (κ1) is 14.9. The van der Waals surface area contributed by atoms with E-state index in [9.17, 15) is 0 Å². The SMILES string of the molecule is CCOc1cccc(-c2nc(=S)c3c([nH]2)Oc2ccccc2C3)c1. The van der Waals surface area contributed by atoms with Gasteiger partial charge in [0.1, 0.15) is 22.0 Å². The highest BCUT2D eigenvalue weighted by Crippen LogP contribution is 2.36. The topological polar surface area (TPSA) is 47.1 Å². The Kier molecular flexibility index (Phi) is 3.78. The molecule has 0 saturated carbocycles. The lowest BCUT2D eigenvalue weighted by molar-refractivity contribution is 0.340. The maximum absolute atomic E-state index is 6.00. The number of nitrogens with zero attached hydrogens (tertiary/aromatic N) is 1. The van der Waals surface area contributed by atoms with Gasteiger partial charge >= 0.3 is 0 Å². The van der Waals surface area contributed by atoms with E-state index in [1.165, 1.54) is 0 Å². The average molecular weight is 336 g/mol. The minimum atomic E-state index is 0.565. The Bertz CT molecular complexity index is 966. The minimum Gasteiger partial charge on any atom is -0.494 e. The van der Waals surface area contributed by atoms with Gasteiger partial charge in [0.15, 0.2) is 0 Å². The molecule has 0 unspecified atom stereocenters. The van der Waals surface area contributed by atoms with Gasteiger partial charge in [0, 0.05) is 12.0 Å². The van der Waals surface area contributed by atoms with Crippen LogP contribution in [0.2, 0.25) is 0 Å². The molecule has 1 aliphatic rings. The molecule has 0 spiro atoms. The quantitative estimate of drug-likeness (QED) is 0.541. The molecule has 4 nitrogen and oxygen atoms in total. The van der Waals surface area contributed by atoms with Gasteiger partial charge in [-0.15, -0.1) is 0 Å². The Balaban J connectivity index is 1.77. The van der Waals surface area contributed by atoms with Crippen molar-refractivity contribution in [2.24, 2.45) is 0 Å². The molecule has 0 fully saturated rings. The summed E-state index contributed by atoms with van der Waals surface area (Å²) in [7, 11) is 0. The van der Waals surface area contributed by atoms with Gasteiger partial charge in [0.05, 0.1) is 12.2 Å². The first-order valence-corrected chi connectivity index (χ1v) is 8.27. The Morgan fingerprint density at radius 1 is 1.21 bits per heavy atom. The number of rotatable bonds is 3. The lowest BCUT2D eigenvalue weighted by Gasteiger charge is -2.20. The van der Waals surface area contributed by atoms with Crippen molar-refractivity contribution in [3.05, 3.63) is 64.3 Å². The molecule has 1 aliphatic heterocycles. The van der Waals surface area contributed by atoms with Gasteiger partial charge in [-0.1, -0.05) is 42.5 Å². The van der Waals surface area contributed by atoms with E-state index in [1.54, 1.807) is 0 Å². The molecule has 2 aromatic carbocycles. The number of ether oxygens (including phenoxy) is 2. The van der Waals surface area contributed by atoms with Gasteiger partial charge < -0.3 is 14.5 Å². The maximum Gasteiger partial charge on any atom is 0.205 e. The van der Waals surface area contributed by atoms with Gasteiger partial charge in [-0.25, -0.2) is 4.98 Å². The Hall–Kier alpha value is -2.66. The van der Waals surface area contributed by atoms with Gasteiger partial charge in [0.25, 0.3) is 0 Å². The van der Waals surface area contributed by atoms with E-state index in [0.717, 1.165) is 34.6 Å². The Morgan fingerprint density at radius 3 is 2.96 bits per heavy atom. The number of fused-ring (bicyclic) bond motifs is 2. The molecular weight excluding hydrogens is 320 g/mol. The van der Waals surface area contributed by atoms with Crippen LogP contribution in [0.3, 0.4) is 0 Å². The smallest absolute Gasteiger partial charge is 0.205 e. The molecule has 120 valence electrons. The molecule has 1 N–H and O–H groups in total. The normalized spacial score (nSPS) is 12.0. The van der Waals surface area contributed by atoms with E-state index >= 15 is 0 Å². The van der Waals surface area contributed by atoms with Crippen molar-refractivity contribution in [1.82, 2.24) is 9.97 Å². The zero-order valence-corrected chi connectivity index (χ0v) is 14.0. The first-order valence-electron chi connectivity index (χ1n) is 7.87. The van der Waals surface area contributed by atoms with Gasteiger partial charge in [0.2, 0.25) is 5.88 Å². The monoisotopic (exact) mass is 336 g/mol. The molecule has 0 saturated heterocycles. The third kappa shape index (κ3) is 2.67. The third-order valence-electron chi connectivity index (χ3n) is 3.95. The molecule has 4 rings (SSSR count). The zero-order valence-electron chi connectivity index (χ0n) is 13.2. The summed E-state index contributed by atoms with van der Waals surface area (Å²) in [6, 6.07) is 15.8. The van der Waals surface area contributed by atoms with Crippen molar-refractivity contribution in [2.75, 3.05) is 6.61 Å². The van der Waals surface area contributed by atoms with Crippen molar-refractivity contribution >= 4 is 12.2 Å². The van der Waals surface area contributed by atoms with Crippen molar-refractivity contribution in [3.63, 3.8) is 0 Å². The highest BCUT2D eigenvalue weighted by atomic mass is 32.1. The van der Waals surface area contributed by atoms with Gasteiger partial charge in [-0.2, -0.15) is 0 Å². The first-order chi connectivity index (χ1) is 11.7.